The lowest BCUT2D eigenvalue weighted by Gasteiger charge is -2.22. The van der Waals surface area contributed by atoms with Gasteiger partial charge in [0.1, 0.15) is 11.9 Å². The Morgan fingerprint density at radius 3 is 3.11 bits per heavy atom. The molecule has 0 amide bonds. The van der Waals surface area contributed by atoms with Crippen molar-refractivity contribution in [3.05, 3.63) is 29.6 Å². The zero-order valence-corrected chi connectivity index (χ0v) is 10.6. The second-order valence-electron chi connectivity index (χ2n) is 4.60. The van der Waals surface area contributed by atoms with Crippen LogP contribution in [0.15, 0.2) is 18.2 Å². The van der Waals surface area contributed by atoms with E-state index in [2.05, 4.69) is 23.2 Å². The van der Waals surface area contributed by atoms with Gasteiger partial charge >= 0.3 is 0 Å². The van der Waals surface area contributed by atoms with Crippen molar-refractivity contribution in [3.8, 4) is 6.07 Å². The lowest BCUT2D eigenvalue weighted by molar-refractivity contribution is 0.583. The van der Waals surface area contributed by atoms with E-state index in [-0.39, 0.29) is 11.9 Å². The second kappa shape index (κ2) is 5.83. The molecule has 1 aromatic carbocycles. The van der Waals surface area contributed by atoms with Gasteiger partial charge < -0.3 is 10.2 Å². The monoisotopic (exact) mass is 247 g/mol. The third kappa shape index (κ3) is 2.80. The molecule has 1 atom stereocenters. The summed E-state index contributed by atoms with van der Waals surface area (Å²) in [5.41, 5.74) is 2.11. The van der Waals surface area contributed by atoms with Crippen molar-refractivity contribution in [2.75, 3.05) is 24.5 Å². The van der Waals surface area contributed by atoms with E-state index in [4.69, 9.17) is 5.26 Å². The summed E-state index contributed by atoms with van der Waals surface area (Å²) < 4.78 is 13.2. The minimum atomic E-state index is -0.212. The van der Waals surface area contributed by atoms with Gasteiger partial charge in [-0.25, -0.2) is 4.39 Å². The molecule has 0 saturated carbocycles. The van der Waals surface area contributed by atoms with Crippen LogP contribution in [0.1, 0.15) is 18.9 Å². The molecule has 0 fully saturated rings. The number of nitrogens with zero attached hydrogens (tertiary/aromatic N) is 2. The number of hydrogen-bond donors (Lipinski definition) is 1. The van der Waals surface area contributed by atoms with Gasteiger partial charge in [0.2, 0.25) is 0 Å². The fourth-order valence-corrected chi connectivity index (χ4v) is 2.30. The van der Waals surface area contributed by atoms with Crippen LogP contribution in [-0.4, -0.2) is 25.7 Å². The first kappa shape index (κ1) is 12.8. The van der Waals surface area contributed by atoms with Gasteiger partial charge in [-0.2, -0.15) is 5.26 Å². The van der Waals surface area contributed by atoms with Crippen LogP contribution in [0.3, 0.4) is 0 Å². The molecule has 4 heteroatoms. The van der Waals surface area contributed by atoms with Crippen LogP contribution >= 0.6 is 0 Å². The summed E-state index contributed by atoms with van der Waals surface area (Å²) in [4.78, 5) is 2.09. The summed E-state index contributed by atoms with van der Waals surface area (Å²) in [5.74, 6) is -0.212. The zero-order chi connectivity index (χ0) is 13.0. The highest BCUT2D eigenvalue weighted by Crippen LogP contribution is 2.28. The van der Waals surface area contributed by atoms with E-state index in [0.29, 0.717) is 6.54 Å². The lowest BCUT2D eigenvalue weighted by atomic mass is 10.1. The maximum atomic E-state index is 13.2. The summed E-state index contributed by atoms with van der Waals surface area (Å²) in [6, 6.07) is 6.97. The van der Waals surface area contributed by atoms with Crippen molar-refractivity contribution in [3.63, 3.8) is 0 Å². The Balaban J connectivity index is 2.04. The topological polar surface area (TPSA) is 39.1 Å². The third-order valence-corrected chi connectivity index (χ3v) is 3.24. The second-order valence-corrected chi connectivity index (χ2v) is 4.60. The number of rotatable bonds is 5. The Morgan fingerprint density at radius 2 is 2.39 bits per heavy atom. The molecular weight excluding hydrogens is 229 g/mol. The average Bonchev–Trinajstić information content (AvgIpc) is 2.77. The van der Waals surface area contributed by atoms with Crippen LogP contribution in [0.5, 0.6) is 0 Å². The number of hydrogen-bond acceptors (Lipinski definition) is 3. The number of nitrogens with one attached hydrogen (secondary N) is 1. The van der Waals surface area contributed by atoms with Crippen LogP contribution in [0.4, 0.5) is 10.1 Å². The fourth-order valence-electron chi connectivity index (χ4n) is 2.30. The van der Waals surface area contributed by atoms with Crippen LogP contribution in [0, 0.1) is 17.1 Å². The molecule has 0 aliphatic carbocycles. The summed E-state index contributed by atoms with van der Waals surface area (Å²) in [6.07, 6.45) is 1.94. The maximum absolute atomic E-state index is 13.2. The molecule has 18 heavy (non-hydrogen) atoms. The van der Waals surface area contributed by atoms with E-state index in [1.54, 1.807) is 6.07 Å². The Kier molecular flexibility index (Phi) is 4.16. The van der Waals surface area contributed by atoms with Crippen LogP contribution in [0.25, 0.3) is 0 Å². The van der Waals surface area contributed by atoms with Crippen molar-refractivity contribution >= 4 is 5.69 Å². The van der Waals surface area contributed by atoms with Crippen LogP contribution in [-0.2, 0) is 6.42 Å². The third-order valence-electron chi connectivity index (χ3n) is 3.24. The van der Waals surface area contributed by atoms with Gasteiger partial charge in [-0.1, -0.05) is 13.0 Å². The quantitative estimate of drug-likeness (QED) is 0.866. The summed E-state index contributed by atoms with van der Waals surface area (Å²) >= 11 is 0. The molecule has 1 aliphatic heterocycles. The smallest absolute Gasteiger partial charge is 0.125 e. The van der Waals surface area contributed by atoms with Gasteiger partial charge in [0, 0.05) is 18.8 Å². The van der Waals surface area contributed by atoms with Crippen molar-refractivity contribution in [1.82, 2.24) is 5.32 Å². The van der Waals surface area contributed by atoms with Gasteiger partial charge in [-0.3, -0.25) is 0 Å². The summed E-state index contributed by atoms with van der Waals surface area (Å²) in [5, 5.41) is 12.3. The molecule has 0 aromatic heterocycles. The SMILES string of the molecule is CCCNC(C#N)CN1CCc2ccc(F)cc21. The highest BCUT2D eigenvalue weighted by Gasteiger charge is 2.22. The Labute approximate surface area is 107 Å². The van der Waals surface area contributed by atoms with Gasteiger partial charge in [0.05, 0.1) is 6.07 Å². The van der Waals surface area contributed by atoms with Crippen molar-refractivity contribution in [1.29, 1.82) is 5.26 Å². The van der Waals surface area contributed by atoms with Crippen molar-refractivity contribution in [2.45, 2.75) is 25.8 Å². The number of benzene rings is 1. The fraction of sp³-hybridized carbons (Fsp3) is 0.500. The minimum absolute atomic E-state index is 0.195. The minimum Gasteiger partial charge on any atom is -0.368 e. The number of nitriles is 1. The highest BCUT2D eigenvalue weighted by atomic mass is 19.1. The molecule has 1 aromatic rings. The van der Waals surface area contributed by atoms with Gasteiger partial charge in [0.15, 0.2) is 0 Å². The zero-order valence-electron chi connectivity index (χ0n) is 10.6. The van der Waals surface area contributed by atoms with E-state index < -0.39 is 0 Å². The van der Waals surface area contributed by atoms with Crippen LogP contribution in [0.2, 0.25) is 0 Å². The van der Waals surface area contributed by atoms with E-state index in [1.165, 1.54) is 11.6 Å². The number of fused-ring (bicyclic) bond motifs is 1. The summed E-state index contributed by atoms with van der Waals surface area (Å²) in [7, 11) is 0. The Bertz CT molecular complexity index is 453. The van der Waals surface area contributed by atoms with E-state index in [1.807, 2.05) is 6.07 Å². The first-order chi connectivity index (χ1) is 8.74. The Morgan fingerprint density at radius 1 is 1.56 bits per heavy atom. The van der Waals surface area contributed by atoms with E-state index in [9.17, 15) is 4.39 Å². The predicted octanol–water partition coefficient (Wildman–Crippen LogP) is 2.08. The molecule has 96 valence electrons. The molecule has 0 spiro atoms. The average molecular weight is 247 g/mol. The summed E-state index contributed by atoms with van der Waals surface area (Å²) in [6.45, 7) is 4.39. The molecule has 0 bridgehead atoms. The molecule has 1 N–H and O–H groups in total. The normalized spacial score (nSPS) is 15.3. The van der Waals surface area contributed by atoms with Crippen molar-refractivity contribution in [2.24, 2.45) is 0 Å². The largest absolute Gasteiger partial charge is 0.368 e. The molecule has 0 saturated heterocycles. The standard InChI is InChI=1S/C14H18FN3/c1-2-6-17-13(9-16)10-18-7-5-11-3-4-12(15)8-14(11)18/h3-4,8,13,17H,2,5-7,10H2,1H3. The highest BCUT2D eigenvalue weighted by molar-refractivity contribution is 5.58. The van der Waals surface area contributed by atoms with Gasteiger partial charge in [0.25, 0.3) is 0 Å². The molecule has 2 rings (SSSR count). The maximum Gasteiger partial charge on any atom is 0.125 e. The molecule has 1 unspecified atom stereocenters. The van der Waals surface area contributed by atoms with E-state index >= 15 is 0 Å². The Hall–Kier alpha value is -1.60. The van der Waals surface area contributed by atoms with E-state index in [0.717, 1.165) is 31.6 Å². The number of halogens is 1. The first-order valence-electron chi connectivity index (χ1n) is 6.41. The van der Waals surface area contributed by atoms with Crippen molar-refractivity contribution < 1.29 is 4.39 Å². The van der Waals surface area contributed by atoms with Crippen LogP contribution < -0.4 is 10.2 Å². The van der Waals surface area contributed by atoms with Gasteiger partial charge in [-0.15, -0.1) is 0 Å². The molecular formula is C14H18FN3. The predicted molar refractivity (Wildman–Crippen MR) is 70.0 cm³/mol. The van der Waals surface area contributed by atoms with Gasteiger partial charge in [-0.05, 0) is 37.1 Å². The number of anilines is 1. The molecule has 0 radical (unpaired) electrons. The lowest BCUT2D eigenvalue weighted by Crippen LogP contribution is -2.40. The first-order valence-corrected chi connectivity index (χ1v) is 6.41. The molecule has 1 aliphatic rings. The molecule has 3 nitrogen and oxygen atoms in total. The molecule has 1 heterocycles.